The van der Waals surface area contributed by atoms with Crippen LogP contribution in [-0.4, -0.2) is 26.2 Å². The fraction of sp³-hybridized carbons (Fsp3) is 0.455. The summed E-state index contributed by atoms with van der Waals surface area (Å²) in [7, 11) is 1.63. The Morgan fingerprint density at radius 2 is 2.40 bits per heavy atom. The van der Waals surface area contributed by atoms with Crippen LogP contribution in [0.5, 0.6) is 5.75 Å². The van der Waals surface area contributed by atoms with Crippen LogP contribution in [0.3, 0.4) is 0 Å². The van der Waals surface area contributed by atoms with Crippen LogP contribution in [-0.2, 0) is 0 Å². The van der Waals surface area contributed by atoms with Crippen molar-refractivity contribution in [3.63, 3.8) is 0 Å². The van der Waals surface area contributed by atoms with Crippen molar-refractivity contribution in [2.75, 3.05) is 25.5 Å². The molecule has 1 aromatic rings. The zero-order valence-electron chi connectivity index (χ0n) is 8.72. The Hall–Kier alpha value is -0.930. The van der Waals surface area contributed by atoms with E-state index in [2.05, 4.69) is 10.6 Å². The molecule has 2 rings (SSSR count). The first-order chi connectivity index (χ1) is 7.29. The second kappa shape index (κ2) is 4.73. The van der Waals surface area contributed by atoms with Gasteiger partial charge in [0.25, 0.3) is 0 Å². The molecule has 0 saturated carbocycles. The van der Waals surface area contributed by atoms with Gasteiger partial charge in [0.1, 0.15) is 5.75 Å². The van der Waals surface area contributed by atoms with Crippen LogP contribution in [0, 0.1) is 0 Å². The number of benzene rings is 1. The average Bonchev–Trinajstić information content (AvgIpc) is 2.73. The fourth-order valence-corrected chi connectivity index (χ4v) is 1.96. The largest absolute Gasteiger partial charge is 0.495 e. The normalized spacial score (nSPS) is 20.3. The Morgan fingerprint density at radius 3 is 3.07 bits per heavy atom. The maximum atomic E-state index is 5.95. The first-order valence-electron chi connectivity index (χ1n) is 5.10. The highest BCUT2D eigenvalue weighted by molar-refractivity contribution is 6.32. The monoisotopic (exact) mass is 226 g/mol. The van der Waals surface area contributed by atoms with Gasteiger partial charge in [0.05, 0.1) is 12.1 Å². The van der Waals surface area contributed by atoms with Gasteiger partial charge in [-0.2, -0.15) is 0 Å². The summed E-state index contributed by atoms with van der Waals surface area (Å²) in [4.78, 5) is 0. The van der Waals surface area contributed by atoms with Crippen molar-refractivity contribution in [1.29, 1.82) is 0 Å². The summed E-state index contributed by atoms with van der Waals surface area (Å²) in [5.74, 6) is 0.715. The first kappa shape index (κ1) is 10.6. The minimum Gasteiger partial charge on any atom is -0.495 e. The number of hydrogen-bond donors (Lipinski definition) is 2. The number of anilines is 1. The SMILES string of the molecule is COc1cc(N[C@H]2CCNC2)ccc1Cl. The molecule has 15 heavy (non-hydrogen) atoms. The van der Waals surface area contributed by atoms with E-state index in [-0.39, 0.29) is 0 Å². The zero-order chi connectivity index (χ0) is 10.7. The molecule has 1 aromatic carbocycles. The lowest BCUT2D eigenvalue weighted by molar-refractivity contribution is 0.415. The summed E-state index contributed by atoms with van der Waals surface area (Å²) < 4.78 is 5.16. The molecule has 1 aliphatic heterocycles. The van der Waals surface area contributed by atoms with Gasteiger partial charge in [0.2, 0.25) is 0 Å². The van der Waals surface area contributed by atoms with Crippen LogP contribution in [0.4, 0.5) is 5.69 Å². The average molecular weight is 227 g/mol. The van der Waals surface area contributed by atoms with Crippen LogP contribution in [0.1, 0.15) is 6.42 Å². The zero-order valence-corrected chi connectivity index (χ0v) is 9.47. The third-order valence-electron chi connectivity index (χ3n) is 2.58. The van der Waals surface area contributed by atoms with Gasteiger partial charge >= 0.3 is 0 Å². The van der Waals surface area contributed by atoms with Crippen molar-refractivity contribution < 1.29 is 4.74 Å². The molecule has 1 atom stereocenters. The molecular weight excluding hydrogens is 212 g/mol. The summed E-state index contributed by atoms with van der Waals surface area (Å²) >= 11 is 5.95. The molecule has 0 radical (unpaired) electrons. The lowest BCUT2D eigenvalue weighted by atomic mass is 10.2. The van der Waals surface area contributed by atoms with Gasteiger partial charge in [-0.25, -0.2) is 0 Å². The van der Waals surface area contributed by atoms with Crippen LogP contribution in [0.2, 0.25) is 5.02 Å². The molecule has 1 fully saturated rings. The molecular formula is C11H15ClN2O. The molecule has 0 bridgehead atoms. The third-order valence-corrected chi connectivity index (χ3v) is 2.89. The standard InChI is InChI=1S/C11H15ClN2O/c1-15-11-6-8(2-3-10(11)12)14-9-4-5-13-7-9/h2-3,6,9,13-14H,4-5,7H2,1H3/t9-/m0/s1. The van der Waals surface area contributed by atoms with E-state index in [1.807, 2.05) is 18.2 Å². The summed E-state index contributed by atoms with van der Waals surface area (Å²) in [6, 6.07) is 6.27. The van der Waals surface area contributed by atoms with Crippen LogP contribution < -0.4 is 15.4 Å². The van der Waals surface area contributed by atoms with E-state index >= 15 is 0 Å². The third kappa shape index (κ3) is 2.55. The first-order valence-corrected chi connectivity index (χ1v) is 5.48. The molecule has 4 heteroatoms. The maximum Gasteiger partial charge on any atom is 0.139 e. The molecule has 0 unspecified atom stereocenters. The number of halogens is 1. The van der Waals surface area contributed by atoms with E-state index < -0.39 is 0 Å². The maximum absolute atomic E-state index is 5.95. The summed E-state index contributed by atoms with van der Waals surface area (Å²) in [6.45, 7) is 2.10. The van der Waals surface area contributed by atoms with Crippen molar-refractivity contribution in [3.05, 3.63) is 23.2 Å². The van der Waals surface area contributed by atoms with Gasteiger partial charge in [-0.15, -0.1) is 0 Å². The predicted molar refractivity (Wildman–Crippen MR) is 62.9 cm³/mol. The minimum absolute atomic E-state index is 0.510. The molecule has 3 nitrogen and oxygen atoms in total. The minimum atomic E-state index is 0.510. The Kier molecular flexibility index (Phi) is 3.34. The number of nitrogens with one attached hydrogen (secondary N) is 2. The molecule has 0 aliphatic carbocycles. The number of methoxy groups -OCH3 is 1. The van der Waals surface area contributed by atoms with Crippen molar-refractivity contribution in [3.8, 4) is 5.75 Å². The Bertz CT molecular complexity index is 337. The van der Waals surface area contributed by atoms with E-state index in [1.165, 1.54) is 0 Å². The number of rotatable bonds is 3. The molecule has 1 heterocycles. The van der Waals surface area contributed by atoms with Gasteiger partial charge in [-0.1, -0.05) is 11.6 Å². The lowest BCUT2D eigenvalue weighted by Crippen LogP contribution is -2.21. The predicted octanol–water partition coefficient (Wildman–Crippen LogP) is 2.12. The topological polar surface area (TPSA) is 33.3 Å². The van der Waals surface area contributed by atoms with Crippen molar-refractivity contribution in [2.45, 2.75) is 12.5 Å². The van der Waals surface area contributed by atoms with E-state index in [4.69, 9.17) is 16.3 Å². The lowest BCUT2D eigenvalue weighted by Gasteiger charge is -2.14. The highest BCUT2D eigenvalue weighted by atomic mass is 35.5. The highest BCUT2D eigenvalue weighted by Crippen LogP contribution is 2.27. The van der Waals surface area contributed by atoms with Crippen molar-refractivity contribution >= 4 is 17.3 Å². The smallest absolute Gasteiger partial charge is 0.139 e. The fourth-order valence-electron chi connectivity index (χ4n) is 1.76. The number of ether oxygens (including phenoxy) is 1. The van der Waals surface area contributed by atoms with Crippen molar-refractivity contribution in [2.24, 2.45) is 0 Å². The highest BCUT2D eigenvalue weighted by Gasteiger charge is 2.14. The molecule has 0 aromatic heterocycles. The van der Waals surface area contributed by atoms with Gasteiger partial charge in [-0.3, -0.25) is 0 Å². The van der Waals surface area contributed by atoms with Crippen LogP contribution >= 0.6 is 11.6 Å². The second-order valence-corrected chi connectivity index (χ2v) is 4.09. The van der Waals surface area contributed by atoms with Gasteiger partial charge in [0.15, 0.2) is 0 Å². The van der Waals surface area contributed by atoms with Gasteiger partial charge in [-0.05, 0) is 25.1 Å². The molecule has 0 amide bonds. The summed E-state index contributed by atoms with van der Waals surface area (Å²) in [6.07, 6.45) is 1.16. The summed E-state index contributed by atoms with van der Waals surface area (Å²) in [5, 5.41) is 7.40. The second-order valence-electron chi connectivity index (χ2n) is 3.68. The quantitative estimate of drug-likeness (QED) is 0.829. The molecule has 82 valence electrons. The van der Waals surface area contributed by atoms with Crippen LogP contribution in [0.15, 0.2) is 18.2 Å². The Balaban J connectivity index is 2.07. The number of hydrogen-bond acceptors (Lipinski definition) is 3. The van der Waals surface area contributed by atoms with E-state index in [9.17, 15) is 0 Å². The van der Waals surface area contributed by atoms with Crippen LogP contribution in [0.25, 0.3) is 0 Å². The summed E-state index contributed by atoms with van der Waals surface area (Å²) in [5.41, 5.74) is 1.06. The molecule has 0 spiro atoms. The van der Waals surface area contributed by atoms with Gasteiger partial charge < -0.3 is 15.4 Å². The molecule has 2 N–H and O–H groups in total. The molecule has 1 saturated heterocycles. The van der Waals surface area contributed by atoms with Crippen molar-refractivity contribution in [1.82, 2.24) is 5.32 Å². The van der Waals surface area contributed by atoms with E-state index in [0.29, 0.717) is 16.8 Å². The Morgan fingerprint density at radius 1 is 1.53 bits per heavy atom. The van der Waals surface area contributed by atoms with E-state index in [0.717, 1.165) is 25.2 Å². The van der Waals surface area contributed by atoms with Gasteiger partial charge in [0, 0.05) is 24.3 Å². The molecule has 1 aliphatic rings. The Labute approximate surface area is 94.8 Å². The van der Waals surface area contributed by atoms with E-state index in [1.54, 1.807) is 7.11 Å².